The standard InChI is InChI=1S/C33H26ClF3N4O4/c1-41(2)22-12-13-26-24(17-22)29(23-9-4-5-10-25(23)34)30(39-26)31(42)40-38-18-19-11-14-27(28(15-19)44-3)45-32(43)20-7-6-8-21(16-20)33(35,36)37/h4-18,39H,1-3H3,(H,40,42). The van der Waals surface area contributed by atoms with Crippen LogP contribution in [0.15, 0.2) is 90.0 Å². The number of hydrogen-bond donors (Lipinski definition) is 2. The molecule has 0 aliphatic rings. The minimum atomic E-state index is -4.61. The van der Waals surface area contributed by atoms with Crippen molar-refractivity contribution in [2.24, 2.45) is 5.10 Å². The predicted molar refractivity (Wildman–Crippen MR) is 168 cm³/mol. The number of esters is 1. The predicted octanol–water partition coefficient (Wildman–Crippen LogP) is 7.56. The summed E-state index contributed by atoms with van der Waals surface area (Å²) in [5.41, 5.74) is 5.01. The van der Waals surface area contributed by atoms with Gasteiger partial charge in [-0.2, -0.15) is 18.3 Å². The number of amides is 1. The Morgan fingerprint density at radius 1 is 0.956 bits per heavy atom. The van der Waals surface area contributed by atoms with E-state index in [0.29, 0.717) is 27.8 Å². The Kier molecular flexibility index (Phi) is 8.82. The Balaban J connectivity index is 1.37. The fourth-order valence-electron chi connectivity index (χ4n) is 4.62. The van der Waals surface area contributed by atoms with E-state index in [1.165, 1.54) is 37.6 Å². The SMILES string of the molecule is COc1cc(C=NNC(=O)c2[nH]c3ccc(N(C)C)cc3c2-c2ccccc2Cl)ccc1OC(=O)c1cccc(C(F)(F)F)c1. The highest BCUT2D eigenvalue weighted by molar-refractivity contribution is 6.34. The number of H-pyrrole nitrogens is 1. The van der Waals surface area contributed by atoms with Crippen molar-refractivity contribution in [1.29, 1.82) is 0 Å². The second-order valence-corrected chi connectivity index (χ2v) is 10.5. The highest BCUT2D eigenvalue weighted by atomic mass is 35.5. The molecule has 1 heterocycles. The molecule has 1 aromatic heterocycles. The van der Waals surface area contributed by atoms with Gasteiger partial charge in [-0.15, -0.1) is 0 Å². The van der Waals surface area contributed by atoms with Gasteiger partial charge in [-0.05, 0) is 66.2 Å². The lowest BCUT2D eigenvalue weighted by Crippen LogP contribution is -2.19. The molecule has 230 valence electrons. The number of anilines is 1. The monoisotopic (exact) mass is 634 g/mol. The van der Waals surface area contributed by atoms with Crippen molar-refractivity contribution in [2.45, 2.75) is 6.18 Å². The number of rotatable bonds is 8. The molecular formula is C33H26ClF3N4O4. The number of alkyl halides is 3. The van der Waals surface area contributed by atoms with Crippen LogP contribution in [-0.4, -0.2) is 44.3 Å². The Hall–Kier alpha value is -5.29. The largest absolute Gasteiger partial charge is 0.493 e. The fourth-order valence-corrected chi connectivity index (χ4v) is 4.85. The summed E-state index contributed by atoms with van der Waals surface area (Å²) in [7, 11) is 5.19. The van der Waals surface area contributed by atoms with Crippen LogP contribution in [0.1, 0.15) is 32.0 Å². The summed E-state index contributed by atoms with van der Waals surface area (Å²) in [6, 6.07) is 21.4. The zero-order chi connectivity index (χ0) is 32.3. The molecule has 0 unspecified atom stereocenters. The number of hydrogen-bond acceptors (Lipinski definition) is 6. The number of carbonyl (C=O) groups is 2. The van der Waals surface area contributed by atoms with E-state index in [2.05, 4.69) is 15.5 Å². The van der Waals surface area contributed by atoms with Crippen molar-refractivity contribution < 1.29 is 32.2 Å². The second-order valence-electron chi connectivity index (χ2n) is 10.1. The van der Waals surface area contributed by atoms with Crippen molar-refractivity contribution in [1.82, 2.24) is 10.4 Å². The van der Waals surface area contributed by atoms with Crippen LogP contribution in [0.4, 0.5) is 18.9 Å². The van der Waals surface area contributed by atoms with Crippen LogP contribution in [0.5, 0.6) is 11.5 Å². The Bertz CT molecular complexity index is 1940. The van der Waals surface area contributed by atoms with Crippen LogP contribution in [0, 0.1) is 0 Å². The van der Waals surface area contributed by atoms with Crippen LogP contribution in [0.3, 0.4) is 0 Å². The number of aromatic amines is 1. The van der Waals surface area contributed by atoms with Crippen molar-refractivity contribution >= 4 is 46.3 Å². The third kappa shape index (κ3) is 6.78. The summed E-state index contributed by atoms with van der Waals surface area (Å²) in [4.78, 5) is 31.1. The van der Waals surface area contributed by atoms with Gasteiger partial charge in [0.2, 0.25) is 0 Å². The molecule has 0 atom stereocenters. The molecule has 0 saturated heterocycles. The van der Waals surface area contributed by atoms with Gasteiger partial charge in [0, 0.05) is 46.8 Å². The van der Waals surface area contributed by atoms with Gasteiger partial charge in [-0.3, -0.25) is 4.79 Å². The Morgan fingerprint density at radius 3 is 2.44 bits per heavy atom. The van der Waals surface area contributed by atoms with Crippen molar-refractivity contribution in [3.8, 4) is 22.6 Å². The minimum absolute atomic E-state index is 0.0133. The number of carbonyl (C=O) groups excluding carboxylic acids is 2. The van der Waals surface area contributed by atoms with E-state index >= 15 is 0 Å². The molecule has 0 saturated carbocycles. The molecule has 5 rings (SSSR count). The molecule has 0 aliphatic carbocycles. The molecule has 0 spiro atoms. The molecule has 8 nitrogen and oxygen atoms in total. The summed E-state index contributed by atoms with van der Waals surface area (Å²) in [5, 5.41) is 5.37. The number of nitrogens with zero attached hydrogens (tertiary/aromatic N) is 2. The molecule has 1 amide bonds. The molecule has 5 aromatic rings. The van der Waals surface area contributed by atoms with E-state index in [1.807, 2.05) is 55.4 Å². The lowest BCUT2D eigenvalue weighted by molar-refractivity contribution is -0.137. The van der Waals surface area contributed by atoms with Gasteiger partial charge in [0.05, 0.1) is 24.5 Å². The highest BCUT2D eigenvalue weighted by Gasteiger charge is 2.31. The topological polar surface area (TPSA) is 96.0 Å². The lowest BCUT2D eigenvalue weighted by atomic mass is 10.0. The van der Waals surface area contributed by atoms with Gasteiger partial charge >= 0.3 is 12.1 Å². The van der Waals surface area contributed by atoms with Crippen LogP contribution in [-0.2, 0) is 6.18 Å². The fraction of sp³-hybridized carbons (Fsp3) is 0.121. The van der Waals surface area contributed by atoms with Crippen molar-refractivity contribution in [3.63, 3.8) is 0 Å². The number of fused-ring (bicyclic) bond motifs is 1. The second kappa shape index (κ2) is 12.7. The normalized spacial score (nSPS) is 11.5. The summed E-state index contributed by atoms with van der Waals surface area (Å²) >= 11 is 6.54. The maximum absolute atomic E-state index is 13.4. The molecule has 0 bridgehead atoms. The van der Waals surface area contributed by atoms with Gasteiger partial charge in [0.15, 0.2) is 11.5 Å². The first-order valence-electron chi connectivity index (χ1n) is 13.4. The molecule has 0 radical (unpaired) electrons. The van der Waals surface area contributed by atoms with Crippen LogP contribution < -0.4 is 19.8 Å². The number of nitrogens with one attached hydrogen (secondary N) is 2. The van der Waals surface area contributed by atoms with Gasteiger partial charge in [-0.1, -0.05) is 35.9 Å². The minimum Gasteiger partial charge on any atom is -0.493 e. The highest BCUT2D eigenvalue weighted by Crippen LogP contribution is 2.38. The maximum Gasteiger partial charge on any atom is 0.416 e. The molecule has 4 aromatic carbocycles. The Labute approximate surface area is 261 Å². The first-order chi connectivity index (χ1) is 21.5. The summed E-state index contributed by atoms with van der Waals surface area (Å²) in [6.07, 6.45) is -3.24. The van der Waals surface area contributed by atoms with Crippen molar-refractivity contribution in [3.05, 3.63) is 112 Å². The number of methoxy groups -OCH3 is 1. The van der Waals surface area contributed by atoms with Crippen LogP contribution >= 0.6 is 11.6 Å². The average molecular weight is 635 g/mol. The molecule has 45 heavy (non-hydrogen) atoms. The molecule has 12 heteroatoms. The lowest BCUT2D eigenvalue weighted by Gasteiger charge is -2.13. The zero-order valence-corrected chi connectivity index (χ0v) is 25.0. The van der Waals surface area contributed by atoms with E-state index in [-0.39, 0.29) is 22.8 Å². The van der Waals surface area contributed by atoms with Crippen LogP contribution in [0.25, 0.3) is 22.0 Å². The number of aromatic nitrogens is 1. The van der Waals surface area contributed by atoms with Gasteiger partial charge in [0.1, 0.15) is 5.69 Å². The van der Waals surface area contributed by atoms with E-state index in [1.54, 1.807) is 6.07 Å². The van der Waals surface area contributed by atoms with Crippen molar-refractivity contribution in [2.75, 3.05) is 26.1 Å². The summed E-state index contributed by atoms with van der Waals surface area (Å²) in [5.74, 6) is -1.39. The smallest absolute Gasteiger partial charge is 0.416 e. The quantitative estimate of drug-likeness (QED) is 0.0795. The summed E-state index contributed by atoms with van der Waals surface area (Å²) in [6.45, 7) is 0. The molecule has 0 aliphatic heterocycles. The van der Waals surface area contributed by atoms with Crippen LogP contribution in [0.2, 0.25) is 5.02 Å². The van der Waals surface area contributed by atoms with E-state index < -0.39 is 23.6 Å². The average Bonchev–Trinajstić information content (AvgIpc) is 3.40. The molecule has 2 N–H and O–H groups in total. The third-order valence-electron chi connectivity index (χ3n) is 6.86. The third-order valence-corrected chi connectivity index (χ3v) is 7.19. The van der Waals surface area contributed by atoms with Gasteiger partial charge in [0.25, 0.3) is 5.91 Å². The first kappa shape index (κ1) is 31.1. The first-order valence-corrected chi connectivity index (χ1v) is 13.8. The number of benzene rings is 4. The molecule has 0 fully saturated rings. The van der Waals surface area contributed by atoms with Gasteiger partial charge < -0.3 is 19.4 Å². The van der Waals surface area contributed by atoms with E-state index in [0.717, 1.165) is 28.7 Å². The number of hydrazone groups is 1. The van der Waals surface area contributed by atoms with E-state index in [9.17, 15) is 22.8 Å². The maximum atomic E-state index is 13.4. The van der Waals surface area contributed by atoms with Gasteiger partial charge in [-0.25, -0.2) is 10.2 Å². The number of ether oxygens (including phenoxy) is 2. The summed E-state index contributed by atoms with van der Waals surface area (Å²) < 4.78 is 49.8. The van der Waals surface area contributed by atoms with E-state index in [4.69, 9.17) is 21.1 Å². The molecular weight excluding hydrogens is 609 g/mol. The number of halogens is 4. The Morgan fingerprint density at radius 2 is 1.73 bits per heavy atom. The zero-order valence-electron chi connectivity index (χ0n) is 24.2.